The van der Waals surface area contributed by atoms with Gasteiger partial charge in [-0.1, -0.05) is 0 Å². The van der Waals surface area contributed by atoms with Gasteiger partial charge in [0, 0.05) is 6.04 Å². The topological polar surface area (TPSA) is 56.0 Å². The molecular formula is C14H22N2O. The van der Waals surface area contributed by atoms with E-state index in [1.54, 1.807) is 0 Å². The van der Waals surface area contributed by atoms with Gasteiger partial charge in [0.2, 0.25) is 0 Å². The Hall–Kier alpha value is -0.590. The first kappa shape index (κ1) is 11.5. The van der Waals surface area contributed by atoms with Gasteiger partial charge in [-0.05, 0) is 61.7 Å². The first-order chi connectivity index (χ1) is 8.31. The highest BCUT2D eigenvalue weighted by molar-refractivity contribution is 5.01. The van der Waals surface area contributed by atoms with Crippen molar-refractivity contribution in [3.05, 3.63) is 0 Å². The average Bonchev–Trinajstić information content (AvgIpc) is 2.31. The molecular weight excluding hydrogens is 212 g/mol. The summed E-state index contributed by atoms with van der Waals surface area (Å²) in [5.74, 6) is 4.21. The molecule has 0 radical (unpaired) electrons. The van der Waals surface area contributed by atoms with Crippen LogP contribution in [0, 0.1) is 40.9 Å². The fraction of sp³-hybridized carbons (Fsp3) is 0.929. The van der Waals surface area contributed by atoms with Crippen LogP contribution in [0.25, 0.3) is 0 Å². The number of nitrogens with zero attached hydrogens (tertiary/aromatic N) is 1. The third-order valence-corrected chi connectivity index (χ3v) is 5.40. The van der Waals surface area contributed by atoms with Crippen molar-refractivity contribution in [1.29, 1.82) is 5.26 Å². The predicted octanol–water partition coefficient (Wildman–Crippen LogP) is 1.53. The number of aliphatic hydroxyl groups excluding tert-OH is 1. The van der Waals surface area contributed by atoms with E-state index in [4.69, 9.17) is 5.26 Å². The lowest BCUT2D eigenvalue weighted by Crippen LogP contribution is -2.54. The van der Waals surface area contributed by atoms with Crippen molar-refractivity contribution in [2.75, 3.05) is 13.2 Å². The van der Waals surface area contributed by atoms with Crippen molar-refractivity contribution >= 4 is 0 Å². The molecule has 4 fully saturated rings. The second kappa shape index (κ2) is 4.59. The zero-order chi connectivity index (χ0) is 11.8. The van der Waals surface area contributed by atoms with E-state index in [-0.39, 0.29) is 12.6 Å². The van der Waals surface area contributed by atoms with E-state index in [1.165, 1.54) is 32.1 Å². The average molecular weight is 234 g/mol. The first-order valence-electron chi connectivity index (χ1n) is 7.03. The van der Waals surface area contributed by atoms with Gasteiger partial charge < -0.3 is 5.11 Å². The molecule has 3 nitrogen and oxygen atoms in total. The van der Waals surface area contributed by atoms with E-state index in [1.807, 2.05) is 0 Å². The molecule has 4 aliphatic rings. The van der Waals surface area contributed by atoms with Crippen molar-refractivity contribution in [2.45, 2.75) is 38.1 Å². The quantitative estimate of drug-likeness (QED) is 0.725. The largest absolute Gasteiger partial charge is 0.395 e. The molecule has 1 atom stereocenters. The molecule has 4 aliphatic carbocycles. The third kappa shape index (κ3) is 1.98. The van der Waals surface area contributed by atoms with Gasteiger partial charge in [-0.25, -0.2) is 0 Å². The number of nitriles is 1. The van der Waals surface area contributed by atoms with Crippen molar-refractivity contribution in [1.82, 2.24) is 5.32 Å². The number of nitrogens with one attached hydrogen (secondary N) is 1. The maximum atomic E-state index is 9.57. The molecule has 4 bridgehead atoms. The van der Waals surface area contributed by atoms with E-state index < -0.39 is 0 Å². The molecule has 1 unspecified atom stereocenters. The molecule has 0 heterocycles. The van der Waals surface area contributed by atoms with Crippen LogP contribution in [0.1, 0.15) is 32.1 Å². The van der Waals surface area contributed by atoms with Crippen LogP contribution in [0.2, 0.25) is 0 Å². The molecule has 0 aliphatic heterocycles. The van der Waals surface area contributed by atoms with Gasteiger partial charge in [-0.15, -0.1) is 0 Å². The summed E-state index contributed by atoms with van der Waals surface area (Å²) in [5, 5.41) is 21.5. The van der Waals surface area contributed by atoms with Gasteiger partial charge in [-0.2, -0.15) is 5.26 Å². The van der Waals surface area contributed by atoms with Gasteiger partial charge in [-0.3, -0.25) is 5.32 Å². The monoisotopic (exact) mass is 234 g/mol. The molecule has 0 spiro atoms. The zero-order valence-corrected chi connectivity index (χ0v) is 10.3. The summed E-state index contributed by atoms with van der Waals surface area (Å²) in [7, 11) is 0. The van der Waals surface area contributed by atoms with Crippen molar-refractivity contribution in [2.24, 2.45) is 29.6 Å². The predicted molar refractivity (Wildman–Crippen MR) is 65.0 cm³/mol. The highest BCUT2D eigenvalue weighted by Gasteiger charge is 2.50. The van der Waals surface area contributed by atoms with E-state index in [9.17, 15) is 5.11 Å². The van der Waals surface area contributed by atoms with E-state index in [0.29, 0.717) is 12.5 Å². The summed E-state index contributed by atoms with van der Waals surface area (Å²) in [5.41, 5.74) is 0. The van der Waals surface area contributed by atoms with Crippen LogP contribution in [-0.4, -0.2) is 24.3 Å². The summed E-state index contributed by atoms with van der Waals surface area (Å²) in [6.07, 6.45) is 6.98. The fourth-order valence-corrected chi connectivity index (χ4v) is 5.12. The highest BCUT2D eigenvalue weighted by atomic mass is 16.3. The third-order valence-electron chi connectivity index (χ3n) is 5.40. The van der Waals surface area contributed by atoms with Gasteiger partial charge in [0.25, 0.3) is 0 Å². The van der Waals surface area contributed by atoms with E-state index in [2.05, 4.69) is 11.4 Å². The number of aliphatic hydroxyl groups is 1. The van der Waals surface area contributed by atoms with Gasteiger partial charge in [0.1, 0.15) is 0 Å². The molecule has 4 rings (SSSR count). The van der Waals surface area contributed by atoms with Crippen molar-refractivity contribution in [3.8, 4) is 6.07 Å². The van der Waals surface area contributed by atoms with E-state index >= 15 is 0 Å². The Labute approximate surface area is 103 Å². The number of rotatable bonds is 4. The van der Waals surface area contributed by atoms with Crippen molar-refractivity contribution < 1.29 is 5.11 Å². The minimum Gasteiger partial charge on any atom is -0.395 e. The molecule has 0 saturated heterocycles. The minimum absolute atomic E-state index is 0.157. The Morgan fingerprint density at radius 2 is 1.71 bits per heavy atom. The van der Waals surface area contributed by atoms with Crippen LogP contribution in [0.3, 0.4) is 0 Å². The Morgan fingerprint density at radius 1 is 1.12 bits per heavy atom. The molecule has 2 N–H and O–H groups in total. The molecule has 0 aromatic carbocycles. The Morgan fingerprint density at radius 3 is 2.18 bits per heavy atom. The van der Waals surface area contributed by atoms with Crippen LogP contribution in [0.15, 0.2) is 0 Å². The lowest BCUT2D eigenvalue weighted by atomic mass is 9.50. The number of hydrogen-bond donors (Lipinski definition) is 2. The Balaban J connectivity index is 1.72. The van der Waals surface area contributed by atoms with Crippen LogP contribution < -0.4 is 5.32 Å². The maximum absolute atomic E-state index is 9.57. The SMILES string of the molecule is N#CCNC(CO)C1C2CC3CC(C2)CC1C3. The molecule has 17 heavy (non-hydrogen) atoms. The minimum atomic E-state index is 0.157. The summed E-state index contributed by atoms with van der Waals surface area (Å²) < 4.78 is 0. The molecule has 4 saturated carbocycles. The Kier molecular flexibility index (Phi) is 3.10. The summed E-state index contributed by atoms with van der Waals surface area (Å²) in [4.78, 5) is 0. The zero-order valence-electron chi connectivity index (χ0n) is 10.3. The summed E-state index contributed by atoms with van der Waals surface area (Å²) >= 11 is 0. The Bertz CT molecular complexity index is 295. The molecule has 0 amide bonds. The second-order valence-corrected chi connectivity index (χ2v) is 6.34. The number of hydrogen-bond acceptors (Lipinski definition) is 3. The highest BCUT2D eigenvalue weighted by Crippen LogP contribution is 2.57. The second-order valence-electron chi connectivity index (χ2n) is 6.34. The van der Waals surface area contributed by atoms with Crippen LogP contribution in [0.5, 0.6) is 0 Å². The van der Waals surface area contributed by atoms with Crippen LogP contribution in [0.4, 0.5) is 0 Å². The first-order valence-corrected chi connectivity index (χ1v) is 7.03. The van der Waals surface area contributed by atoms with Crippen LogP contribution in [-0.2, 0) is 0 Å². The summed E-state index contributed by atoms with van der Waals surface area (Å²) in [6, 6.07) is 2.29. The standard InChI is InChI=1S/C14H22N2O/c15-1-2-16-13(8-17)14-11-4-9-3-10(6-11)7-12(14)5-9/h9-14,16-17H,2-8H2. The van der Waals surface area contributed by atoms with Gasteiger partial charge in [0.15, 0.2) is 0 Å². The smallest absolute Gasteiger partial charge is 0.0843 e. The molecule has 0 aromatic heterocycles. The van der Waals surface area contributed by atoms with Gasteiger partial charge >= 0.3 is 0 Å². The van der Waals surface area contributed by atoms with Crippen molar-refractivity contribution in [3.63, 3.8) is 0 Å². The molecule has 0 aromatic rings. The maximum Gasteiger partial charge on any atom is 0.0843 e. The van der Waals surface area contributed by atoms with Crippen LogP contribution >= 0.6 is 0 Å². The lowest BCUT2D eigenvalue weighted by Gasteiger charge is -2.56. The summed E-state index contributed by atoms with van der Waals surface area (Å²) in [6.45, 7) is 0.558. The lowest BCUT2D eigenvalue weighted by molar-refractivity contribution is -0.0584. The molecule has 3 heteroatoms. The fourth-order valence-electron chi connectivity index (χ4n) is 5.12. The van der Waals surface area contributed by atoms with E-state index in [0.717, 1.165) is 23.7 Å². The normalized spacial score (nSPS) is 44.6. The van der Waals surface area contributed by atoms with Gasteiger partial charge in [0.05, 0.1) is 19.2 Å². The molecule has 94 valence electrons.